The van der Waals surface area contributed by atoms with E-state index in [0.29, 0.717) is 18.8 Å². The highest BCUT2D eigenvalue weighted by Crippen LogP contribution is 2.26. The van der Waals surface area contributed by atoms with Crippen molar-refractivity contribution in [2.75, 3.05) is 31.7 Å². The van der Waals surface area contributed by atoms with Crippen molar-refractivity contribution in [3.63, 3.8) is 0 Å². The van der Waals surface area contributed by atoms with E-state index in [1.807, 2.05) is 12.1 Å². The first kappa shape index (κ1) is 20.3. The van der Waals surface area contributed by atoms with Gasteiger partial charge in [0, 0.05) is 24.3 Å². The van der Waals surface area contributed by atoms with Crippen LogP contribution in [0.15, 0.2) is 60.7 Å². The predicted octanol–water partition coefficient (Wildman–Crippen LogP) is 4.07. The fourth-order valence-electron chi connectivity index (χ4n) is 3.87. The highest BCUT2D eigenvalue weighted by atomic mass is 19.1. The number of hydrogen-bond acceptors (Lipinski definition) is 4. The Hall–Kier alpha value is -2.96. The van der Waals surface area contributed by atoms with E-state index in [9.17, 15) is 9.18 Å². The number of rotatable bonds is 6. The Bertz CT molecular complexity index is 1050. The van der Waals surface area contributed by atoms with E-state index >= 15 is 0 Å². The Morgan fingerprint density at radius 3 is 2.80 bits per heavy atom. The molecule has 156 valence electrons. The molecule has 1 amide bonds. The molecule has 0 aliphatic carbocycles. The number of ether oxygens (including phenoxy) is 2. The van der Waals surface area contributed by atoms with E-state index in [2.05, 4.69) is 42.6 Å². The van der Waals surface area contributed by atoms with E-state index in [1.165, 1.54) is 35.6 Å². The molecule has 3 aromatic rings. The van der Waals surface area contributed by atoms with Crippen LogP contribution in [0.2, 0.25) is 0 Å². The van der Waals surface area contributed by atoms with Gasteiger partial charge in [0.1, 0.15) is 6.61 Å². The maximum atomic E-state index is 14.1. The molecule has 1 saturated heterocycles. The maximum absolute atomic E-state index is 14.1. The minimum Gasteiger partial charge on any atom is -0.494 e. The monoisotopic (exact) mass is 408 g/mol. The van der Waals surface area contributed by atoms with E-state index in [4.69, 9.17) is 9.47 Å². The van der Waals surface area contributed by atoms with Crippen LogP contribution >= 0.6 is 0 Å². The Labute approximate surface area is 175 Å². The van der Waals surface area contributed by atoms with Gasteiger partial charge in [-0.25, -0.2) is 4.39 Å². The summed E-state index contributed by atoms with van der Waals surface area (Å²) in [7, 11) is 1.41. The molecule has 1 aliphatic heterocycles. The van der Waals surface area contributed by atoms with Crippen LogP contribution in [0.3, 0.4) is 0 Å². The summed E-state index contributed by atoms with van der Waals surface area (Å²) in [5.74, 6) is -0.520. The van der Waals surface area contributed by atoms with Crippen LogP contribution < -0.4 is 15.0 Å². The lowest BCUT2D eigenvalue weighted by molar-refractivity contribution is -0.129. The SMILES string of the molecule is COc1ccc(N2CC(CN[C@H](C)c3cccc4ccccc34)OCC2=O)cc1F. The number of nitrogens with one attached hydrogen (secondary N) is 1. The lowest BCUT2D eigenvalue weighted by Gasteiger charge is -2.33. The van der Waals surface area contributed by atoms with Crippen molar-refractivity contribution >= 4 is 22.4 Å². The Morgan fingerprint density at radius 1 is 1.20 bits per heavy atom. The van der Waals surface area contributed by atoms with Gasteiger partial charge in [-0.05, 0) is 35.4 Å². The van der Waals surface area contributed by atoms with Crippen molar-refractivity contribution in [1.29, 1.82) is 0 Å². The molecule has 30 heavy (non-hydrogen) atoms. The molecule has 0 spiro atoms. The lowest BCUT2D eigenvalue weighted by Crippen LogP contribution is -2.50. The minimum absolute atomic E-state index is 0.0252. The third kappa shape index (κ3) is 4.15. The smallest absolute Gasteiger partial charge is 0.253 e. The average Bonchev–Trinajstić information content (AvgIpc) is 2.78. The zero-order chi connectivity index (χ0) is 21.1. The number of carbonyl (C=O) groups excluding carboxylic acids is 1. The van der Waals surface area contributed by atoms with Gasteiger partial charge in [0.05, 0.1) is 19.8 Å². The third-order valence-electron chi connectivity index (χ3n) is 5.52. The second-order valence-corrected chi connectivity index (χ2v) is 7.45. The first-order chi connectivity index (χ1) is 14.6. The van der Waals surface area contributed by atoms with E-state index < -0.39 is 5.82 Å². The number of benzene rings is 3. The molecule has 1 N–H and O–H groups in total. The van der Waals surface area contributed by atoms with Crippen LogP contribution in [0.4, 0.5) is 10.1 Å². The minimum atomic E-state index is -0.492. The van der Waals surface area contributed by atoms with E-state index in [-0.39, 0.29) is 30.4 Å². The molecule has 1 unspecified atom stereocenters. The van der Waals surface area contributed by atoms with Crippen LogP contribution in [-0.4, -0.2) is 38.8 Å². The average molecular weight is 408 g/mol. The van der Waals surface area contributed by atoms with Crippen LogP contribution in [-0.2, 0) is 9.53 Å². The molecule has 4 rings (SSSR count). The quantitative estimate of drug-likeness (QED) is 0.668. The molecule has 0 saturated carbocycles. The summed E-state index contributed by atoms with van der Waals surface area (Å²) < 4.78 is 24.8. The molecule has 5 nitrogen and oxygen atoms in total. The summed E-state index contributed by atoms with van der Waals surface area (Å²) in [6.45, 7) is 3.03. The van der Waals surface area contributed by atoms with Gasteiger partial charge in [0.15, 0.2) is 11.6 Å². The van der Waals surface area contributed by atoms with Gasteiger partial charge >= 0.3 is 0 Å². The van der Waals surface area contributed by atoms with Crippen molar-refractivity contribution in [1.82, 2.24) is 5.32 Å². The molecule has 3 aromatic carbocycles. The molecular weight excluding hydrogens is 383 g/mol. The molecule has 1 aliphatic rings. The van der Waals surface area contributed by atoms with Crippen LogP contribution in [0, 0.1) is 5.82 Å². The summed E-state index contributed by atoms with van der Waals surface area (Å²) in [5, 5.41) is 5.94. The zero-order valence-corrected chi connectivity index (χ0v) is 17.1. The maximum Gasteiger partial charge on any atom is 0.253 e. The molecule has 1 fully saturated rings. The van der Waals surface area contributed by atoms with Crippen LogP contribution in [0.25, 0.3) is 10.8 Å². The number of morpholine rings is 1. The normalized spacial score (nSPS) is 17.9. The number of amides is 1. The molecule has 1 heterocycles. The fraction of sp³-hybridized carbons (Fsp3) is 0.292. The molecule has 0 radical (unpaired) electrons. The lowest BCUT2D eigenvalue weighted by atomic mass is 9.99. The number of halogens is 1. The second kappa shape index (κ2) is 8.81. The molecule has 6 heteroatoms. The van der Waals surface area contributed by atoms with Crippen LogP contribution in [0.1, 0.15) is 18.5 Å². The molecule has 0 bridgehead atoms. The highest BCUT2D eigenvalue weighted by Gasteiger charge is 2.28. The highest BCUT2D eigenvalue weighted by molar-refractivity contribution is 5.95. The Morgan fingerprint density at radius 2 is 2.00 bits per heavy atom. The number of carbonyl (C=O) groups is 1. The molecular formula is C24H25FN2O3. The van der Waals surface area contributed by atoms with Gasteiger partial charge in [-0.3, -0.25) is 4.79 Å². The van der Waals surface area contributed by atoms with Crippen molar-refractivity contribution in [3.8, 4) is 5.75 Å². The number of methoxy groups -OCH3 is 1. The number of hydrogen-bond donors (Lipinski definition) is 1. The number of fused-ring (bicyclic) bond motifs is 1. The largest absolute Gasteiger partial charge is 0.494 e. The van der Waals surface area contributed by atoms with Crippen LogP contribution in [0.5, 0.6) is 5.75 Å². The fourth-order valence-corrected chi connectivity index (χ4v) is 3.87. The summed E-state index contributed by atoms with van der Waals surface area (Å²) in [6, 6.07) is 19.3. The Balaban J connectivity index is 1.44. The van der Waals surface area contributed by atoms with Gasteiger partial charge in [-0.1, -0.05) is 42.5 Å². The van der Waals surface area contributed by atoms with Crippen molar-refractivity contribution in [2.24, 2.45) is 0 Å². The molecule has 2 atom stereocenters. The van der Waals surface area contributed by atoms with E-state index in [0.717, 1.165) is 0 Å². The topological polar surface area (TPSA) is 50.8 Å². The summed E-state index contributed by atoms with van der Waals surface area (Å²) in [5.41, 5.74) is 1.72. The van der Waals surface area contributed by atoms with Crippen molar-refractivity contribution in [2.45, 2.75) is 19.1 Å². The van der Waals surface area contributed by atoms with E-state index in [1.54, 1.807) is 11.0 Å². The van der Waals surface area contributed by atoms with Crippen molar-refractivity contribution in [3.05, 3.63) is 72.0 Å². The van der Waals surface area contributed by atoms with Gasteiger partial charge in [0.2, 0.25) is 0 Å². The van der Waals surface area contributed by atoms with Gasteiger partial charge in [0.25, 0.3) is 5.91 Å². The second-order valence-electron chi connectivity index (χ2n) is 7.45. The van der Waals surface area contributed by atoms with Gasteiger partial charge < -0.3 is 19.7 Å². The summed E-state index contributed by atoms with van der Waals surface area (Å²) in [6.07, 6.45) is -0.190. The van der Waals surface area contributed by atoms with Gasteiger partial charge in [-0.15, -0.1) is 0 Å². The first-order valence-electron chi connectivity index (χ1n) is 10.0. The standard InChI is InChI=1S/C24H25FN2O3/c1-16(20-9-5-7-17-6-3-4-8-21(17)20)26-13-19-14-27(24(28)15-30-19)18-10-11-23(29-2)22(25)12-18/h3-12,16,19,26H,13-15H2,1-2H3/t16-,19?/m1/s1. The first-order valence-corrected chi connectivity index (χ1v) is 10.0. The summed E-state index contributed by atoms with van der Waals surface area (Å²) >= 11 is 0. The molecule has 0 aromatic heterocycles. The van der Waals surface area contributed by atoms with Gasteiger partial charge in [-0.2, -0.15) is 0 Å². The Kier molecular flexibility index (Phi) is 5.97. The zero-order valence-electron chi connectivity index (χ0n) is 17.1. The summed E-state index contributed by atoms with van der Waals surface area (Å²) in [4.78, 5) is 13.9. The predicted molar refractivity (Wildman–Crippen MR) is 115 cm³/mol. The number of anilines is 1. The van der Waals surface area contributed by atoms with Crippen molar-refractivity contribution < 1.29 is 18.7 Å². The third-order valence-corrected chi connectivity index (χ3v) is 5.52. The number of nitrogens with zero attached hydrogens (tertiary/aromatic N) is 1.